The normalized spacial score (nSPS) is 7.07. The maximum absolute atomic E-state index is 9.61. The Morgan fingerprint density at radius 3 is 1.00 bits per heavy atom. The van der Waals surface area contributed by atoms with Crippen molar-refractivity contribution < 1.29 is 55.9 Å². The Labute approximate surface area is 94.6 Å². The number of rotatable bonds is 0. The molecule has 0 atom stereocenters. The van der Waals surface area contributed by atoms with E-state index < -0.39 is 24.2 Å². The van der Waals surface area contributed by atoms with Gasteiger partial charge in [0.15, 0.2) is 0 Å². The maximum atomic E-state index is 9.61. The van der Waals surface area contributed by atoms with Crippen molar-refractivity contribution in [2.24, 2.45) is 0 Å². The van der Waals surface area contributed by atoms with Gasteiger partial charge < -0.3 is 29.3 Å². The Balaban J connectivity index is -0.000000180. The van der Waals surface area contributed by atoms with E-state index in [0.29, 0.717) is 0 Å². The molecule has 0 amide bonds. The molecule has 0 aliphatic rings. The van der Waals surface area contributed by atoms with Crippen molar-refractivity contribution in [1.82, 2.24) is 0 Å². The van der Waals surface area contributed by atoms with E-state index in [1.54, 1.807) is 0 Å². The number of carboxylic acid groups (broad SMARTS) is 2. The van der Waals surface area contributed by atoms with Crippen LogP contribution in [0.5, 0.6) is 0 Å². The molecule has 0 bridgehead atoms. The second kappa shape index (κ2) is 10.5. The number of carbonyl (C=O) groups is 4. The summed E-state index contributed by atoms with van der Waals surface area (Å²) in [6, 6.07) is 0. The van der Waals surface area contributed by atoms with Crippen molar-refractivity contribution in [3.8, 4) is 0 Å². The Hall–Kier alpha value is -1.60. The molecule has 0 spiro atoms. The van der Waals surface area contributed by atoms with Crippen LogP contribution in [0, 0.1) is 0 Å². The first kappa shape index (κ1) is 19.0. The van der Waals surface area contributed by atoms with Gasteiger partial charge in [-0.25, -0.2) is 0 Å². The van der Waals surface area contributed by atoms with Gasteiger partial charge in [-0.15, -0.1) is 0 Å². The monoisotopic (exact) mass is 261 g/mol. The van der Waals surface area contributed by atoms with E-state index in [1.165, 1.54) is 0 Å². The average Bonchev–Trinajstić information content (AvgIpc) is 1.79. The van der Waals surface area contributed by atoms with Gasteiger partial charge in [-0.1, -0.05) is 0 Å². The van der Waals surface area contributed by atoms with Crippen LogP contribution in [-0.2, 0) is 36.1 Å². The van der Waals surface area contributed by atoms with Crippen molar-refractivity contribution in [1.29, 1.82) is 0 Å². The molecule has 9 heteroatoms. The van der Waals surface area contributed by atoms with Gasteiger partial charge in [-0.05, 0) is 0 Å². The van der Waals surface area contributed by atoms with Crippen LogP contribution in [0.15, 0.2) is 0 Å². The number of hydrogen-bond acceptors (Lipinski definition) is 8. The molecule has 0 aliphatic heterocycles. The van der Waals surface area contributed by atoms with Gasteiger partial charge in [0.05, 0.1) is 0 Å². The topological polar surface area (TPSA) is 133 Å². The smallest absolute Gasteiger partial charge is 0.484 e. The standard InChI is InChI=1S/2C3H4O4.Mn/c2*1-2(4)7-3(5)6;/h2*1H3,(H,5,6);/q;;+2/p-2. The molecular weight excluding hydrogens is 255 g/mol. The van der Waals surface area contributed by atoms with Crippen LogP contribution in [0.1, 0.15) is 13.8 Å². The molecule has 0 saturated carbocycles. The molecule has 0 aliphatic carbocycles. The fraction of sp³-hybridized carbons (Fsp3) is 0.333. The minimum absolute atomic E-state index is 0. The van der Waals surface area contributed by atoms with Gasteiger partial charge in [0.25, 0.3) is 12.3 Å². The van der Waals surface area contributed by atoms with Gasteiger partial charge >= 0.3 is 17.1 Å². The summed E-state index contributed by atoms with van der Waals surface area (Å²) in [6.45, 7) is 1.96. The summed E-state index contributed by atoms with van der Waals surface area (Å²) in [5, 5.41) is 18.5. The van der Waals surface area contributed by atoms with Crippen molar-refractivity contribution in [3.63, 3.8) is 0 Å². The van der Waals surface area contributed by atoms with Gasteiger partial charge in [0.2, 0.25) is 11.9 Å². The van der Waals surface area contributed by atoms with E-state index >= 15 is 0 Å². The van der Waals surface area contributed by atoms with E-state index in [9.17, 15) is 29.4 Å². The summed E-state index contributed by atoms with van der Waals surface area (Å²) in [4.78, 5) is 37.7. The SMILES string of the molecule is CC(=O)OC(=O)[O-].CC(=O)OC(=O)[O-].[Mn+2]. The zero-order chi connectivity index (χ0) is 11.7. The Kier molecular flexibility index (Phi) is 13.3. The predicted octanol–water partition coefficient (Wildman–Crippen LogP) is -2.22. The second-order valence-electron chi connectivity index (χ2n) is 1.69. The predicted molar refractivity (Wildman–Crippen MR) is 34.3 cm³/mol. The summed E-state index contributed by atoms with van der Waals surface area (Å²) in [5.74, 6) is -1.75. The molecule has 0 fully saturated rings. The van der Waals surface area contributed by atoms with Crippen LogP contribution >= 0.6 is 0 Å². The Bertz CT molecular complexity index is 198. The van der Waals surface area contributed by atoms with Crippen LogP contribution in [-0.4, -0.2) is 24.2 Å². The molecule has 8 nitrogen and oxygen atoms in total. The van der Waals surface area contributed by atoms with Crippen molar-refractivity contribution in [3.05, 3.63) is 0 Å². The second-order valence-corrected chi connectivity index (χ2v) is 1.69. The fourth-order valence-corrected chi connectivity index (χ4v) is 0.235. The van der Waals surface area contributed by atoms with E-state index in [1.807, 2.05) is 0 Å². The van der Waals surface area contributed by atoms with Crippen molar-refractivity contribution >= 4 is 24.2 Å². The number of esters is 2. The third kappa shape index (κ3) is 32.7. The molecule has 0 rings (SSSR count). The third-order valence-electron chi connectivity index (χ3n) is 0.454. The molecule has 0 saturated heterocycles. The summed E-state index contributed by atoms with van der Waals surface area (Å²) in [6.07, 6.45) is -3.62. The molecule has 0 heterocycles. The quantitative estimate of drug-likeness (QED) is 0.272. The van der Waals surface area contributed by atoms with Gasteiger partial charge in [-0.2, -0.15) is 0 Å². The van der Waals surface area contributed by atoms with Crippen LogP contribution in [0.25, 0.3) is 0 Å². The molecule has 15 heavy (non-hydrogen) atoms. The first-order valence-electron chi connectivity index (χ1n) is 3.04. The fourth-order valence-electron chi connectivity index (χ4n) is 0.235. The van der Waals surface area contributed by atoms with E-state index in [0.717, 1.165) is 13.8 Å². The number of hydrogen-bond donors (Lipinski definition) is 0. The van der Waals surface area contributed by atoms with E-state index in [4.69, 9.17) is 0 Å². The number of ether oxygens (including phenoxy) is 2. The van der Waals surface area contributed by atoms with Crippen molar-refractivity contribution in [2.75, 3.05) is 0 Å². The Morgan fingerprint density at radius 1 is 0.800 bits per heavy atom. The zero-order valence-corrected chi connectivity index (χ0v) is 8.82. The first-order valence-corrected chi connectivity index (χ1v) is 3.04. The van der Waals surface area contributed by atoms with E-state index in [2.05, 4.69) is 9.47 Å². The molecular formula is C6H6MnO8. The van der Waals surface area contributed by atoms with Crippen LogP contribution < -0.4 is 10.2 Å². The average molecular weight is 261 g/mol. The maximum Gasteiger partial charge on any atom is 2.00 e. The number of carbonyl (C=O) groups excluding carboxylic acids is 4. The molecule has 0 aromatic rings. The van der Waals surface area contributed by atoms with Gasteiger partial charge in [0.1, 0.15) is 0 Å². The minimum Gasteiger partial charge on any atom is -0.484 e. The van der Waals surface area contributed by atoms with Crippen molar-refractivity contribution in [2.45, 2.75) is 13.8 Å². The third-order valence-corrected chi connectivity index (χ3v) is 0.454. The molecule has 0 aromatic carbocycles. The summed E-state index contributed by atoms with van der Waals surface area (Å²) < 4.78 is 6.83. The van der Waals surface area contributed by atoms with Crippen LogP contribution in [0.4, 0.5) is 9.59 Å². The molecule has 0 aromatic heterocycles. The van der Waals surface area contributed by atoms with Gasteiger partial charge in [0, 0.05) is 13.8 Å². The molecule has 1 radical (unpaired) electrons. The summed E-state index contributed by atoms with van der Waals surface area (Å²) in [5.41, 5.74) is 0. The van der Waals surface area contributed by atoms with Gasteiger partial charge in [-0.3, -0.25) is 9.59 Å². The zero-order valence-electron chi connectivity index (χ0n) is 7.64. The largest absolute Gasteiger partial charge is 2.00 e. The molecule has 0 N–H and O–H groups in total. The molecule has 85 valence electrons. The van der Waals surface area contributed by atoms with Crippen LogP contribution in [0.3, 0.4) is 0 Å². The molecule has 0 unspecified atom stereocenters. The summed E-state index contributed by atoms with van der Waals surface area (Å²) >= 11 is 0. The Morgan fingerprint density at radius 2 is 1.00 bits per heavy atom. The van der Waals surface area contributed by atoms with E-state index in [-0.39, 0.29) is 17.1 Å². The summed E-state index contributed by atoms with van der Waals surface area (Å²) in [7, 11) is 0. The minimum atomic E-state index is -1.81. The van der Waals surface area contributed by atoms with Crippen LogP contribution in [0.2, 0.25) is 0 Å². The first-order chi connectivity index (χ1) is 6.25.